The topological polar surface area (TPSA) is 96.0 Å². The molecule has 3 aromatic carbocycles. The van der Waals surface area contributed by atoms with Crippen molar-refractivity contribution in [1.82, 2.24) is 10.2 Å². The summed E-state index contributed by atoms with van der Waals surface area (Å²) < 4.78 is 34.3. The normalized spacial score (nSPS) is 11.9. The summed E-state index contributed by atoms with van der Waals surface area (Å²) in [5.74, 6) is -0.690. The predicted octanol–water partition coefficient (Wildman–Crippen LogP) is 5.06. The van der Waals surface area contributed by atoms with E-state index in [4.69, 9.17) is 27.9 Å². The van der Waals surface area contributed by atoms with Gasteiger partial charge >= 0.3 is 0 Å². The quantitative estimate of drug-likeness (QED) is 0.336. The van der Waals surface area contributed by atoms with Gasteiger partial charge in [0.2, 0.25) is 11.8 Å². The number of rotatable bonds is 11. The van der Waals surface area contributed by atoms with E-state index in [2.05, 4.69) is 5.32 Å². The van der Waals surface area contributed by atoms with E-state index in [-0.39, 0.29) is 28.8 Å². The number of nitrogens with one attached hydrogen (secondary N) is 1. The molecule has 2 amide bonds. The van der Waals surface area contributed by atoms with Crippen LogP contribution >= 0.6 is 23.2 Å². The fourth-order valence-electron chi connectivity index (χ4n) is 4.11. The smallest absolute Gasteiger partial charge is 0.264 e. The molecule has 3 rings (SSSR count). The van der Waals surface area contributed by atoms with Gasteiger partial charge < -0.3 is 15.0 Å². The Morgan fingerprint density at radius 2 is 1.67 bits per heavy atom. The van der Waals surface area contributed by atoms with Crippen LogP contribution in [-0.2, 0) is 26.2 Å². The molecule has 0 heterocycles. The lowest BCUT2D eigenvalue weighted by atomic mass is 10.1. The molecular formula is C28H31Cl2N3O5S. The molecule has 0 saturated carbocycles. The van der Waals surface area contributed by atoms with E-state index in [1.807, 2.05) is 6.92 Å². The van der Waals surface area contributed by atoms with Crippen LogP contribution in [0, 0.1) is 6.92 Å². The van der Waals surface area contributed by atoms with Crippen LogP contribution in [0.2, 0.25) is 10.0 Å². The fraction of sp³-hybridized carbons (Fsp3) is 0.286. The van der Waals surface area contributed by atoms with Crippen molar-refractivity contribution in [3.8, 4) is 5.75 Å². The Morgan fingerprint density at radius 3 is 2.26 bits per heavy atom. The number of halogens is 2. The molecule has 1 N–H and O–H groups in total. The zero-order valence-electron chi connectivity index (χ0n) is 22.1. The first-order chi connectivity index (χ1) is 18.5. The van der Waals surface area contributed by atoms with E-state index in [1.54, 1.807) is 61.5 Å². The van der Waals surface area contributed by atoms with Gasteiger partial charge in [0.15, 0.2) is 0 Å². The summed E-state index contributed by atoms with van der Waals surface area (Å²) in [6.45, 7) is 3.05. The number of sulfonamides is 1. The number of likely N-dealkylation sites (N-methyl/N-ethyl adjacent to an activating group) is 1. The molecule has 0 aliphatic rings. The second kappa shape index (κ2) is 13.2. The van der Waals surface area contributed by atoms with Crippen LogP contribution in [0.3, 0.4) is 0 Å². The summed E-state index contributed by atoms with van der Waals surface area (Å²) in [5, 5.41) is 3.24. The monoisotopic (exact) mass is 591 g/mol. The van der Waals surface area contributed by atoms with Crippen molar-refractivity contribution in [2.24, 2.45) is 0 Å². The van der Waals surface area contributed by atoms with Crippen molar-refractivity contribution in [2.75, 3.05) is 25.0 Å². The van der Waals surface area contributed by atoms with Crippen LogP contribution in [0.4, 0.5) is 5.69 Å². The van der Waals surface area contributed by atoms with Crippen LogP contribution in [0.15, 0.2) is 71.6 Å². The zero-order valence-corrected chi connectivity index (χ0v) is 24.5. The molecule has 0 spiro atoms. The number of para-hydroxylation sites is 2. The largest absolute Gasteiger partial charge is 0.495 e. The van der Waals surface area contributed by atoms with Crippen molar-refractivity contribution >= 4 is 50.7 Å². The minimum absolute atomic E-state index is 0.00595. The lowest BCUT2D eigenvalue weighted by molar-refractivity contribution is -0.140. The second-order valence-corrected chi connectivity index (χ2v) is 11.5. The minimum atomic E-state index is -4.21. The van der Waals surface area contributed by atoms with Crippen LogP contribution in [0.1, 0.15) is 24.5 Å². The lowest BCUT2D eigenvalue weighted by Crippen LogP contribution is -2.51. The molecule has 0 unspecified atom stereocenters. The van der Waals surface area contributed by atoms with E-state index in [0.29, 0.717) is 22.0 Å². The Labute approximate surface area is 239 Å². The molecule has 0 bridgehead atoms. The fourth-order valence-corrected chi connectivity index (χ4v) is 5.85. The van der Waals surface area contributed by atoms with E-state index >= 15 is 0 Å². The summed E-state index contributed by atoms with van der Waals surface area (Å²) >= 11 is 12.3. The highest BCUT2D eigenvalue weighted by molar-refractivity contribution is 7.92. The third-order valence-corrected chi connectivity index (χ3v) is 8.72. The molecule has 0 saturated heterocycles. The number of ether oxygens (including phenoxy) is 1. The molecule has 0 aromatic heterocycles. The molecule has 11 heteroatoms. The Kier molecular flexibility index (Phi) is 10.2. The number of anilines is 1. The third kappa shape index (κ3) is 7.03. The molecule has 208 valence electrons. The maximum Gasteiger partial charge on any atom is 0.264 e. The van der Waals surface area contributed by atoms with E-state index in [9.17, 15) is 18.0 Å². The van der Waals surface area contributed by atoms with Gasteiger partial charge in [0, 0.05) is 13.6 Å². The lowest BCUT2D eigenvalue weighted by Gasteiger charge is -2.33. The molecule has 0 aliphatic carbocycles. The van der Waals surface area contributed by atoms with Gasteiger partial charge in [-0.05, 0) is 55.3 Å². The molecular weight excluding hydrogens is 561 g/mol. The zero-order chi connectivity index (χ0) is 28.7. The van der Waals surface area contributed by atoms with Gasteiger partial charge in [0.25, 0.3) is 10.0 Å². The van der Waals surface area contributed by atoms with Gasteiger partial charge in [0.1, 0.15) is 18.3 Å². The molecule has 8 nitrogen and oxygen atoms in total. The Hall–Kier alpha value is -3.27. The number of hydrogen-bond donors (Lipinski definition) is 1. The molecule has 3 aromatic rings. The highest BCUT2D eigenvalue weighted by Gasteiger charge is 2.34. The van der Waals surface area contributed by atoms with E-state index < -0.39 is 28.5 Å². The number of aryl methyl sites for hydroxylation is 1. The van der Waals surface area contributed by atoms with Crippen LogP contribution in [0.25, 0.3) is 0 Å². The number of carbonyl (C=O) groups is 2. The maximum atomic E-state index is 14.0. The first-order valence-corrected chi connectivity index (χ1v) is 14.4. The Bertz CT molecular complexity index is 1430. The standard InChI is InChI=1S/C28H31Cl2N3O5S/c1-5-24(28(35)31-3)32(17-20-12-15-22(29)23(30)16-20)27(34)18-33(25-8-6-7-9-26(25)38-4)39(36,37)21-13-10-19(2)11-14-21/h6-16,24H,5,17-18H2,1-4H3,(H,31,35)/t24-/m1/s1. The van der Waals surface area contributed by atoms with Gasteiger partial charge in [-0.1, -0.05) is 66.0 Å². The molecule has 1 atom stereocenters. The first-order valence-electron chi connectivity index (χ1n) is 12.2. The van der Waals surface area contributed by atoms with Gasteiger partial charge in [0.05, 0.1) is 27.7 Å². The highest BCUT2D eigenvalue weighted by atomic mass is 35.5. The summed E-state index contributed by atoms with van der Waals surface area (Å²) in [5.41, 5.74) is 1.71. The summed E-state index contributed by atoms with van der Waals surface area (Å²) in [4.78, 5) is 28.1. The third-order valence-electron chi connectivity index (χ3n) is 6.21. The van der Waals surface area contributed by atoms with Crippen molar-refractivity contribution < 1.29 is 22.7 Å². The number of benzene rings is 3. The van der Waals surface area contributed by atoms with Crippen molar-refractivity contribution in [3.05, 3.63) is 87.9 Å². The van der Waals surface area contributed by atoms with Crippen molar-refractivity contribution in [2.45, 2.75) is 37.8 Å². The maximum absolute atomic E-state index is 14.0. The predicted molar refractivity (Wildman–Crippen MR) is 154 cm³/mol. The second-order valence-electron chi connectivity index (χ2n) is 8.80. The average Bonchev–Trinajstić information content (AvgIpc) is 2.93. The van der Waals surface area contributed by atoms with Gasteiger partial charge in [-0.3, -0.25) is 13.9 Å². The van der Waals surface area contributed by atoms with E-state index in [0.717, 1.165) is 9.87 Å². The number of methoxy groups -OCH3 is 1. The van der Waals surface area contributed by atoms with Crippen molar-refractivity contribution in [3.63, 3.8) is 0 Å². The van der Waals surface area contributed by atoms with E-state index in [1.165, 1.54) is 31.2 Å². The Morgan fingerprint density at radius 1 is 1.00 bits per heavy atom. The van der Waals surface area contributed by atoms with Crippen LogP contribution in [0.5, 0.6) is 5.75 Å². The summed E-state index contributed by atoms with van der Waals surface area (Å²) in [6, 6.07) is 17.0. The van der Waals surface area contributed by atoms with Crippen molar-refractivity contribution in [1.29, 1.82) is 0 Å². The number of carbonyl (C=O) groups excluding carboxylic acids is 2. The average molecular weight is 593 g/mol. The number of nitrogens with zero attached hydrogens (tertiary/aromatic N) is 2. The minimum Gasteiger partial charge on any atom is -0.495 e. The number of amides is 2. The van der Waals surface area contributed by atoms with Crippen LogP contribution in [-0.4, -0.2) is 51.9 Å². The highest BCUT2D eigenvalue weighted by Crippen LogP contribution is 2.33. The van der Waals surface area contributed by atoms with Gasteiger partial charge in [-0.2, -0.15) is 0 Å². The molecule has 0 radical (unpaired) electrons. The Balaban J connectivity index is 2.11. The summed E-state index contributed by atoms with van der Waals surface area (Å²) in [6.07, 6.45) is 0.298. The molecule has 0 aliphatic heterocycles. The SMILES string of the molecule is CC[C@H](C(=O)NC)N(Cc1ccc(Cl)c(Cl)c1)C(=O)CN(c1ccccc1OC)S(=O)(=O)c1ccc(C)cc1. The molecule has 39 heavy (non-hydrogen) atoms. The van der Waals surface area contributed by atoms with Gasteiger partial charge in [-0.15, -0.1) is 0 Å². The number of hydrogen-bond acceptors (Lipinski definition) is 5. The van der Waals surface area contributed by atoms with Crippen LogP contribution < -0.4 is 14.4 Å². The summed E-state index contributed by atoms with van der Waals surface area (Å²) in [7, 11) is -1.30. The van der Waals surface area contributed by atoms with Gasteiger partial charge in [-0.25, -0.2) is 8.42 Å². The molecule has 0 fully saturated rings. The first kappa shape index (κ1) is 30.3.